The lowest BCUT2D eigenvalue weighted by molar-refractivity contribution is 0.0946. The number of hydrogen-bond acceptors (Lipinski definition) is 4. The Morgan fingerprint density at radius 3 is 2.50 bits per heavy atom. The smallest absolute Gasteiger partial charge is 0.270 e. The summed E-state index contributed by atoms with van der Waals surface area (Å²) in [4.78, 5) is 20.8. The van der Waals surface area contributed by atoms with Crippen LogP contribution in [-0.2, 0) is 13.1 Å². The number of aryl methyl sites for hydroxylation is 2. The van der Waals surface area contributed by atoms with Gasteiger partial charge in [0.05, 0.1) is 0 Å². The van der Waals surface area contributed by atoms with Crippen LogP contribution in [0.5, 0.6) is 0 Å². The minimum absolute atomic E-state index is 0.216. The third-order valence-electron chi connectivity index (χ3n) is 4.00. The summed E-state index contributed by atoms with van der Waals surface area (Å²) >= 11 is 0. The van der Waals surface area contributed by atoms with Crippen LogP contribution in [-0.4, -0.2) is 15.9 Å². The van der Waals surface area contributed by atoms with Gasteiger partial charge in [-0.1, -0.05) is 59.7 Å². The summed E-state index contributed by atoms with van der Waals surface area (Å²) in [5.74, 6) is 0.223. The van der Waals surface area contributed by atoms with Gasteiger partial charge in [-0.05, 0) is 31.0 Å². The van der Waals surface area contributed by atoms with Crippen LogP contribution in [0, 0.1) is 13.8 Å². The fraction of sp³-hybridized carbons (Fsp3) is 0.190. The first-order valence-electron chi connectivity index (χ1n) is 8.56. The zero-order valence-corrected chi connectivity index (χ0v) is 15.0. The Labute approximate surface area is 153 Å². The van der Waals surface area contributed by atoms with E-state index < -0.39 is 0 Å². The lowest BCUT2D eigenvalue weighted by atomic mass is 10.1. The van der Waals surface area contributed by atoms with Gasteiger partial charge in [0.1, 0.15) is 5.69 Å². The average Bonchev–Trinajstić information content (AvgIpc) is 2.66. The number of anilines is 1. The molecule has 1 heterocycles. The molecule has 1 aromatic heterocycles. The first-order valence-corrected chi connectivity index (χ1v) is 8.56. The maximum atomic E-state index is 12.3. The van der Waals surface area contributed by atoms with Crippen LogP contribution in [0.3, 0.4) is 0 Å². The standard InChI is InChI=1S/C21H22N4O/c1-15-6-8-17(9-7-15)13-23-20(26)19-10-11-22-21(25-19)24-14-18-5-3-4-16(2)12-18/h3-12H,13-14H2,1-2H3,(H,23,26)(H,22,24,25). The van der Waals surface area contributed by atoms with E-state index in [1.54, 1.807) is 12.3 Å². The normalized spacial score (nSPS) is 10.4. The highest BCUT2D eigenvalue weighted by molar-refractivity contribution is 5.92. The first-order chi connectivity index (χ1) is 12.6. The third kappa shape index (κ3) is 4.89. The van der Waals surface area contributed by atoms with E-state index in [2.05, 4.69) is 39.7 Å². The quantitative estimate of drug-likeness (QED) is 0.715. The molecule has 132 valence electrons. The van der Waals surface area contributed by atoms with Crippen LogP contribution in [0.4, 0.5) is 5.95 Å². The Hall–Kier alpha value is -3.21. The minimum Gasteiger partial charge on any atom is -0.350 e. The number of nitrogens with one attached hydrogen (secondary N) is 2. The molecule has 0 aliphatic heterocycles. The Morgan fingerprint density at radius 2 is 1.73 bits per heavy atom. The number of carbonyl (C=O) groups excluding carboxylic acids is 1. The van der Waals surface area contributed by atoms with Gasteiger partial charge in [-0.25, -0.2) is 9.97 Å². The van der Waals surface area contributed by atoms with E-state index in [1.165, 1.54) is 11.1 Å². The highest BCUT2D eigenvalue weighted by Crippen LogP contribution is 2.08. The van der Waals surface area contributed by atoms with Gasteiger partial charge in [0.2, 0.25) is 5.95 Å². The molecule has 0 atom stereocenters. The molecule has 1 amide bonds. The molecule has 0 radical (unpaired) electrons. The van der Waals surface area contributed by atoms with E-state index in [4.69, 9.17) is 0 Å². The topological polar surface area (TPSA) is 66.9 Å². The number of hydrogen-bond donors (Lipinski definition) is 2. The van der Waals surface area contributed by atoms with Crippen molar-refractivity contribution in [1.82, 2.24) is 15.3 Å². The molecular weight excluding hydrogens is 324 g/mol. The van der Waals surface area contributed by atoms with Crippen LogP contribution in [0.15, 0.2) is 60.8 Å². The van der Waals surface area contributed by atoms with Crippen molar-refractivity contribution < 1.29 is 4.79 Å². The number of carbonyl (C=O) groups is 1. The van der Waals surface area contributed by atoms with Gasteiger partial charge in [-0.15, -0.1) is 0 Å². The van der Waals surface area contributed by atoms with E-state index in [0.717, 1.165) is 11.1 Å². The van der Waals surface area contributed by atoms with E-state index in [9.17, 15) is 4.79 Å². The van der Waals surface area contributed by atoms with Crippen molar-refractivity contribution in [2.45, 2.75) is 26.9 Å². The molecule has 0 saturated carbocycles. The summed E-state index contributed by atoms with van der Waals surface area (Å²) in [6.07, 6.45) is 1.59. The molecule has 0 unspecified atom stereocenters. The summed E-state index contributed by atoms with van der Waals surface area (Å²) in [6, 6.07) is 17.9. The molecule has 5 heteroatoms. The third-order valence-corrected chi connectivity index (χ3v) is 4.00. The van der Waals surface area contributed by atoms with Gasteiger partial charge in [-0.2, -0.15) is 0 Å². The molecule has 5 nitrogen and oxygen atoms in total. The molecule has 2 N–H and O–H groups in total. The summed E-state index contributed by atoms with van der Waals surface area (Å²) in [7, 11) is 0. The summed E-state index contributed by atoms with van der Waals surface area (Å²) in [6.45, 7) is 5.17. The van der Waals surface area contributed by atoms with Crippen molar-refractivity contribution in [2.24, 2.45) is 0 Å². The highest BCUT2D eigenvalue weighted by Gasteiger charge is 2.08. The number of benzene rings is 2. The second kappa shape index (κ2) is 8.25. The van der Waals surface area contributed by atoms with Crippen molar-refractivity contribution in [3.63, 3.8) is 0 Å². The molecule has 0 bridgehead atoms. The van der Waals surface area contributed by atoms with Crippen molar-refractivity contribution in [3.8, 4) is 0 Å². The molecule has 0 fully saturated rings. The van der Waals surface area contributed by atoms with Crippen LogP contribution < -0.4 is 10.6 Å². The van der Waals surface area contributed by atoms with Gasteiger partial charge in [0, 0.05) is 19.3 Å². The molecule has 0 spiro atoms. The van der Waals surface area contributed by atoms with E-state index in [0.29, 0.717) is 24.7 Å². The maximum Gasteiger partial charge on any atom is 0.270 e. The molecule has 2 aromatic carbocycles. The van der Waals surface area contributed by atoms with Crippen molar-refractivity contribution in [2.75, 3.05) is 5.32 Å². The molecular formula is C21H22N4O. The van der Waals surface area contributed by atoms with Gasteiger partial charge < -0.3 is 10.6 Å². The Kier molecular flexibility index (Phi) is 5.59. The molecule has 0 aliphatic carbocycles. The Balaban J connectivity index is 1.59. The fourth-order valence-electron chi connectivity index (χ4n) is 2.55. The Bertz CT molecular complexity index is 891. The number of rotatable bonds is 6. The van der Waals surface area contributed by atoms with Crippen LogP contribution in [0.1, 0.15) is 32.7 Å². The molecule has 26 heavy (non-hydrogen) atoms. The summed E-state index contributed by atoms with van der Waals surface area (Å²) in [5, 5.41) is 6.05. The summed E-state index contributed by atoms with van der Waals surface area (Å²) in [5.41, 5.74) is 4.94. The number of amides is 1. The van der Waals surface area contributed by atoms with E-state index in [-0.39, 0.29) is 5.91 Å². The van der Waals surface area contributed by atoms with Crippen LogP contribution in [0.25, 0.3) is 0 Å². The second-order valence-electron chi connectivity index (χ2n) is 6.28. The van der Waals surface area contributed by atoms with Gasteiger partial charge in [0.25, 0.3) is 5.91 Å². The molecule has 3 rings (SSSR count). The Morgan fingerprint density at radius 1 is 0.923 bits per heavy atom. The van der Waals surface area contributed by atoms with Gasteiger partial charge in [0.15, 0.2) is 0 Å². The van der Waals surface area contributed by atoms with Crippen LogP contribution in [0.2, 0.25) is 0 Å². The molecule has 3 aromatic rings. The predicted molar refractivity (Wildman–Crippen MR) is 103 cm³/mol. The van der Waals surface area contributed by atoms with E-state index >= 15 is 0 Å². The van der Waals surface area contributed by atoms with E-state index in [1.807, 2.05) is 43.3 Å². The van der Waals surface area contributed by atoms with Crippen LogP contribution >= 0.6 is 0 Å². The van der Waals surface area contributed by atoms with Crippen molar-refractivity contribution >= 4 is 11.9 Å². The average molecular weight is 346 g/mol. The maximum absolute atomic E-state index is 12.3. The number of aromatic nitrogens is 2. The van der Waals surface area contributed by atoms with Crippen molar-refractivity contribution in [3.05, 3.63) is 88.7 Å². The molecule has 0 saturated heterocycles. The lowest BCUT2D eigenvalue weighted by Crippen LogP contribution is -2.24. The summed E-state index contributed by atoms with van der Waals surface area (Å²) < 4.78 is 0. The predicted octanol–water partition coefficient (Wildman–Crippen LogP) is 3.64. The van der Waals surface area contributed by atoms with Crippen molar-refractivity contribution in [1.29, 1.82) is 0 Å². The SMILES string of the molecule is Cc1ccc(CNC(=O)c2ccnc(NCc3cccc(C)c3)n2)cc1. The lowest BCUT2D eigenvalue weighted by Gasteiger charge is -2.08. The van der Waals surface area contributed by atoms with Gasteiger partial charge >= 0.3 is 0 Å². The van der Waals surface area contributed by atoms with Gasteiger partial charge in [-0.3, -0.25) is 4.79 Å². The minimum atomic E-state index is -0.216. The highest BCUT2D eigenvalue weighted by atomic mass is 16.1. The number of nitrogens with zero attached hydrogens (tertiary/aromatic N) is 2. The second-order valence-corrected chi connectivity index (χ2v) is 6.28. The fourth-order valence-corrected chi connectivity index (χ4v) is 2.55. The monoisotopic (exact) mass is 346 g/mol. The largest absolute Gasteiger partial charge is 0.350 e. The first kappa shape index (κ1) is 17.6. The zero-order valence-electron chi connectivity index (χ0n) is 15.0. The molecule has 0 aliphatic rings. The zero-order chi connectivity index (χ0) is 18.4.